The first-order valence-electron chi connectivity index (χ1n) is 4.69. The lowest BCUT2D eigenvalue weighted by Gasteiger charge is -1.94. The molecule has 1 aromatic carbocycles. The van der Waals surface area contributed by atoms with Gasteiger partial charge in [0, 0.05) is 9.13 Å². The Morgan fingerprint density at radius 3 is 2.62 bits per heavy atom. The molecule has 6 heteroatoms. The van der Waals surface area contributed by atoms with Crippen molar-refractivity contribution in [2.75, 3.05) is 0 Å². The van der Waals surface area contributed by atoms with Gasteiger partial charge in [-0.15, -0.1) is 10.2 Å². The smallest absolute Gasteiger partial charge is 0.187 e. The van der Waals surface area contributed by atoms with E-state index in [1.165, 1.54) is 3.57 Å². The van der Waals surface area contributed by atoms with E-state index in [1.807, 2.05) is 6.92 Å². The quantitative estimate of drug-likeness (QED) is 0.639. The maximum atomic E-state index is 4.48. The Kier molecular flexibility index (Phi) is 2.40. The summed E-state index contributed by atoms with van der Waals surface area (Å²) in [5.41, 5.74) is 1.12. The summed E-state index contributed by atoms with van der Waals surface area (Å²) in [6.45, 7) is 1.90. The largest absolute Gasteiger partial charge is 0.234 e. The molecule has 3 aromatic rings. The summed E-state index contributed by atoms with van der Waals surface area (Å²) in [5.74, 6) is 0.822. The molecule has 2 aromatic heterocycles. The molecule has 0 amide bonds. The number of fused-ring (bicyclic) bond motifs is 1. The minimum atomic E-state index is 0.822. The van der Waals surface area contributed by atoms with Crippen molar-refractivity contribution < 1.29 is 0 Å². The highest BCUT2D eigenvalue weighted by molar-refractivity contribution is 14.1. The topological polar surface area (TPSA) is 43.1 Å². The molecule has 0 unspecified atom stereocenters. The van der Waals surface area contributed by atoms with Crippen LogP contribution >= 0.6 is 33.9 Å². The molecule has 0 radical (unpaired) electrons. The molecule has 2 heterocycles. The van der Waals surface area contributed by atoms with Crippen molar-refractivity contribution in [1.82, 2.24) is 19.8 Å². The Morgan fingerprint density at radius 1 is 1.19 bits per heavy atom. The summed E-state index contributed by atoms with van der Waals surface area (Å²) in [6, 6.07) is 8.29. The van der Waals surface area contributed by atoms with E-state index in [4.69, 9.17) is 0 Å². The summed E-state index contributed by atoms with van der Waals surface area (Å²) in [4.78, 5) is 0.839. The Labute approximate surface area is 109 Å². The van der Waals surface area contributed by atoms with E-state index in [0.717, 1.165) is 21.4 Å². The van der Waals surface area contributed by atoms with Crippen molar-refractivity contribution in [2.45, 2.75) is 6.92 Å². The van der Waals surface area contributed by atoms with Gasteiger partial charge in [0.2, 0.25) is 4.96 Å². The number of hydrogen-bond acceptors (Lipinski definition) is 4. The van der Waals surface area contributed by atoms with Crippen molar-refractivity contribution in [3.05, 3.63) is 33.7 Å². The van der Waals surface area contributed by atoms with Crippen LogP contribution in [0.15, 0.2) is 24.3 Å². The molecule has 0 fully saturated rings. The highest BCUT2D eigenvalue weighted by Gasteiger charge is 2.09. The zero-order valence-electron chi connectivity index (χ0n) is 8.38. The summed E-state index contributed by atoms with van der Waals surface area (Å²) < 4.78 is 3.00. The first-order valence-corrected chi connectivity index (χ1v) is 6.58. The summed E-state index contributed by atoms with van der Waals surface area (Å²) in [5, 5.41) is 13.5. The van der Waals surface area contributed by atoms with Gasteiger partial charge in [0.25, 0.3) is 0 Å². The van der Waals surface area contributed by atoms with Crippen LogP contribution in [-0.4, -0.2) is 19.8 Å². The van der Waals surface area contributed by atoms with Gasteiger partial charge in [0.15, 0.2) is 5.82 Å². The second-order valence-electron chi connectivity index (χ2n) is 3.36. The second-order valence-corrected chi connectivity index (χ2v) is 5.56. The van der Waals surface area contributed by atoms with Crippen LogP contribution in [0.2, 0.25) is 0 Å². The third kappa shape index (κ3) is 1.61. The highest BCUT2D eigenvalue weighted by atomic mass is 127. The Bertz CT molecular complexity index is 640. The van der Waals surface area contributed by atoms with Gasteiger partial charge >= 0.3 is 0 Å². The molecule has 0 atom stereocenters. The zero-order valence-corrected chi connectivity index (χ0v) is 11.4. The Balaban J connectivity index is 2.15. The minimum Gasteiger partial charge on any atom is -0.187 e. The molecule has 0 aliphatic rings. The van der Waals surface area contributed by atoms with Gasteiger partial charge in [-0.3, -0.25) is 0 Å². The molecule has 0 saturated carbocycles. The fourth-order valence-electron chi connectivity index (χ4n) is 1.42. The third-order valence-corrected chi connectivity index (χ3v) is 3.90. The average molecular weight is 342 g/mol. The lowest BCUT2D eigenvalue weighted by Crippen LogP contribution is -1.88. The SMILES string of the molecule is Cc1nnc2sc(-c3ccc(I)cc3)nn12. The number of aryl methyl sites for hydroxylation is 1. The minimum absolute atomic E-state index is 0.822. The van der Waals surface area contributed by atoms with Gasteiger partial charge in [0.1, 0.15) is 5.01 Å². The van der Waals surface area contributed by atoms with Crippen molar-refractivity contribution in [1.29, 1.82) is 0 Å². The Morgan fingerprint density at radius 2 is 1.94 bits per heavy atom. The molecule has 0 aliphatic carbocycles. The van der Waals surface area contributed by atoms with Crippen molar-refractivity contribution in [2.24, 2.45) is 0 Å². The van der Waals surface area contributed by atoms with E-state index in [-0.39, 0.29) is 0 Å². The van der Waals surface area contributed by atoms with Gasteiger partial charge < -0.3 is 0 Å². The summed E-state index contributed by atoms with van der Waals surface area (Å²) in [6.07, 6.45) is 0. The van der Waals surface area contributed by atoms with Crippen LogP contribution in [0.5, 0.6) is 0 Å². The second kappa shape index (κ2) is 3.77. The normalized spacial score (nSPS) is 11.1. The number of hydrogen-bond donors (Lipinski definition) is 0. The molecule has 0 bridgehead atoms. The highest BCUT2D eigenvalue weighted by Crippen LogP contribution is 2.25. The number of halogens is 1. The molecule has 4 nitrogen and oxygen atoms in total. The van der Waals surface area contributed by atoms with Crippen LogP contribution in [0.4, 0.5) is 0 Å². The molecule has 0 N–H and O–H groups in total. The summed E-state index contributed by atoms with van der Waals surface area (Å²) in [7, 11) is 0. The molecule has 80 valence electrons. The molecule has 16 heavy (non-hydrogen) atoms. The van der Waals surface area contributed by atoms with Crippen LogP contribution in [0, 0.1) is 10.5 Å². The van der Waals surface area contributed by atoms with E-state index in [0.29, 0.717) is 0 Å². The average Bonchev–Trinajstić information content (AvgIpc) is 2.83. The van der Waals surface area contributed by atoms with Crippen LogP contribution in [0.3, 0.4) is 0 Å². The first kappa shape index (κ1) is 10.2. The van der Waals surface area contributed by atoms with Crippen molar-refractivity contribution >= 4 is 38.9 Å². The van der Waals surface area contributed by atoms with E-state index >= 15 is 0 Å². The predicted molar refractivity (Wildman–Crippen MR) is 71.5 cm³/mol. The maximum absolute atomic E-state index is 4.48. The molecular formula is C10H7IN4S. The molecular weight excluding hydrogens is 335 g/mol. The third-order valence-electron chi connectivity index (χ3n) is 2.24. The number of benzene rings is 1. The molecule has 0 saturated heterocycles. The van der Waals surface area contributed by atoms with Gasteiger partial charge in [-0.05, 0) is 41.6 Å². The van der Waals surface area contributed by atoms with Gasteiger partial charge in [-0.25, -0.2) is 0 Å². The summed E-state index contributed by atoms with van der Waals surface area (Å²) >= 11 is 3.84. The number of rotatable bonds is 1. The van der Waals surface area contributed by atoms with Crippen LogP contribution < -0.4 is 0 Å². The number of nitrogens with zero attached hydrogens (tertiary/aromatic N) is 4. The maximum Gasteiger partial charge on any atom is 0.234 e. The first-order chi connectivity index (χ1) is 7.74. The lowest BCUT2D eigenvalue weighted by atomic mass is 10.2. The van der Waals surface area contributed by atoms with Crippen LogP contribution in [0.25, 0.3) is 15.5 Å². The molecule has 0 aliphatic heterocycles. The lowest BCUT2D eigenvalue weighted by molar-refractivity contribution is 0.898. The van der Waals surface area contributed by atoms with Gasteiger partial charge in [0.05, 0.1) is 0 Å². The molecule has 0 spiro atoms. The van der Waals surface area contributed by atoms with Gasteiger partial charge in [-0.1, -0.05) is 23.5 Å². The Hall–Kier alpha value is -1.02. The predicted octanol–water partition coefficient (Wildman–Crippen LogP) is 2.77. The van der Waals surface area contributed by atoms with Crippen LogP contribution in [0.1, 0.15) is 5.82 Å². The fraction of sp³-hybridized carbons (Fsp3) is 0.100. The number of aromatic nitrogens is 4. The van der Waals surface area contributed by atoms with E-state index in [2.05, 4.69) is 62.2 Å². The van der Waals surface area contributed by atoms with Gasteiger partial charge in [-0.2, -0.15) is 9.61 Å². The molecule has 3 rings (SSSR count). The fourth-order valence-corrected chi connectivity index (χ4v) is 2.67. The van der Waals surface area contributed by atoms with E-state index in [9.17, 15) is 0 Å². The zero-order chi connectivity index (χ0) is 11.1. The van der Waals surface area contributed by atoms with Crippen LogP contribution in [-0.2, 0) is 0 Å². The monoisotopic (exact) mass is 342 g/mol. The van der Waals surface area contributed by atoms with Crippen molar-refractivity contribution in [3.8, 4) is 10.6 Å². The van der Waals surface area contributed by atoms with E-state index in [1.54, 1.807) is 15.9 Å². The van der Waals surface area contributed by atoms with Crippen molar-refractivity contribution in [3.63, 3.8) is 0 Å². The van der Waals surface area contributed by atoms with E-state index < -0.39 is 0 Å². The standard InChI is InChI=1S/C10H7IN4S/c1-6-12-13-10-15(6)14-9(16-10)7-2-4-8(11)5-3-7/h2-5H,1H3.